The molecule has 0 spiro atoms. The zero-order chi connectivity index (χ0) is 41.2. The average molecular weight is 918 g/mol. The van der Waals surface area contributed by atoms with Crippen molar-refractivity contribution in [2.24, 2.45) is 10.8 Å². The molecule has 55 heavy (non-hydrogen) atoms. The molecule has 0 rings (SSSR count). The summed E-state index contributed by atoms with van der Waals surface area (Å²) in [5.41, 5.74) is 0.349. The molecule has 0 heterocycles. The minimum atomic E-state index is 0.174. The second kappa shape index (κ2) is 36.7. The molecule has 0 aromatic carbocycles. The number of thioether (sulfide) groups is 8. The highest BCUT2D eigenvalue weighted by molar-refractivity contribution is 8.14. The Bertz CT molecular complexity index is 897. The van der Waals surface area contributed by atoms with Gasteiger partial charge >= 0.3 is 0 Å². The summed E-state index contributed by atoms with van der Waals surface area (Å²) in [4.78, 5) is 69.4. The van der Waals surface area contributed by atoms with E-state index < -0.39 is 0 Å². The summed E-state index contributed by atoms with van der Waals surface area (Å²) in [6.45, 7) is 9.83. The molecule has 0 aliphatic heterocycles. The van der Waals surface area contributed by atoms with Gasteiger partial charge in [0, 0.05) is 76.1 Å². The predicted molar refractivity (Wildman–Crippen MR) is 257 cm³/mol. The largest absolute Gasteiger partial charge is 0.288 e. The SMILES string of the molecule is CC(=O)SCCCC(CCCSC(C)=O)(CCCSC(C)=O)CSCCCCCCCSCC(CCCSC(C)=O)(CCCSC(C)=O)CCCSC(C)=O. The Balaban J connectivity index is 5.02. The summed E-state index contributed by atoms with van der Waals surface area (Å²) in [5.74, 6) is 9.62. The summed E-state index contributed by atoms with van der Waals surface area (Å²) < 4.78 is 0. The molecule has 0 radical (unpaired) electrons. The fraction of sp³-hybridized carbons (Fsp3) is 0.854. The predicted octanol–water partition coefficient (Wildman–Crippen LogP) is 12.7. The van der Waals surface area contributed by atoms with E-state index in [1.165, 1.54) is 103 Å². The molecule has 14 heteroatoms. The number of unbranched alkanes of at least 4 members (excludes halogenated alkanes) is 4. The third kappa shape index (κ3) is 36.4. The Labute approximate surface area is 369 Å². The van der Waals surface area contributed by atoms with Crippen LogP contribution in [-0.2, 0) is 28.8 Å². The van der Waals surface area contributed by atoms with Gasteiger partial charge in [-0.25, -0.2) is 0 Å². The van der Waals surface area contributed by atoms with E-state index in [0.717, 1.165) is 135 Å². The quantitative estimate of drug-likeness (QED) is 0.0557. The third-order valence-corrected chi connectivity index (χ3v) is 17.5. The standard InChI is InChI=1S/C41H72O6S8/c1-34(42)50-26-12-18-40(19-13-27-51-35(2)43,20-14-28-52-36(3)44)32-48-24-10-8-7-9-11-25-49-33-41(21-15-29-53-37(4)45,22-16-30-54-38(5)46)23-17-31-55-39(6)47/h7-33H2,1-6H3. The van der Waals surface area contributed by atoms with Gasteiger partial charge in [0.1, 0.15) is 0 Å². The van der Waals surface area contributed by atoms with Crippen molar-refractivity contribution >= 4 is 125 Å². The Morgan fingerprint density at radius 2 is 0.491 bits per heavy atom. The number of carbonyl (C=O) groups excluding carboxylic acids is 6. The van der Waals surface area contributed by atoms with Gasteiger partial charge in [-0.15, -0.1) is 0 Å². The van der Waals surface area contributed by atoms with Gasteiger partial charge in [-0.05, 0) is 124 Å². The Morgan fingerprint density at radius 1 is 0.291 bits per heavy atom. The van der Waals surface area contributed by atoms with Crippen LogP contribution < -0.4 is 0 Å². The maximum atomic E-state index is 11.6. The summed E-state index contributed by atoms with van der Waals surface area (Å²) in [7, 11) is 0. The van der Waals surface area contributed by atoms with Gasteiger partial charge in [0.25, 0.3) is 0 Å². The Morgan fingerprint density at radius 3 is 0.691 bits per heavy atom. The lowest BCUT2D eigenvalue weighted by molar-refractivity contribution is -0.109. The summed E-state index contributed by atoms with van der Waals surface area (Å²) in [6.07, 6.45) is 18.7. The van der Waals surface area contributed by atoms with Crippen LogP contribution in [0.4, 0.5) is 0 Å². The van der Waals surface area contributed by atoms with Crippen molar-refractivity contribution in [3.05, 3.63) is 0 Å². The van der Waals surface area contributed by atoms with Crippen molar-refractivity contribution in [2.45, 2.75) is 151 Å². The van der Waals surface area contributed by atoms with Gasteiger partial charge in [-0.1, -0.05) is 89.8 Å². The van der Waals surface area contributed by atoms with E-state index in [1.54, 1.807) is 41.5 Å². The van der Waals surface area contributed by atoms with E-state index in [9.17, 15) is 28.8 Å². The number of carbonyl (C=O) groups is 6. The lowest BCUT2D eigenvalue weighted by Crippen LogP contribution is -2.26. The summed E-state index contributed by atoms with van der Waals surface area (Å²) >= 11 is 12.6. The number of hydrogen-bond acceptors (Lipinski definition) is 14. The highest BCUT2D eigenvalue weighted by Crippen LogP contribution is 2.41. The second-order valence-corrected chi connectivity index (χ2v) is 24.4. The molecule has 0 amide bonds. The summed E-state index contributed by atoms with van der Waals surface area (Å²) in [5, 5.41) is 1.04. The first kappa shape index (κ1) is 55.8. The third-order valence-electron chi connectivity index (χ3n) is 9.33. The molecule has 0 aromatic heterocycles. The zero-order valence-corrected chi connectivity index (χ0v) is 41.3. The van der Waals surface area contributed by atoms with Crippen molar-refractivity contribution in [1.82, 2.24) is 0 Å². The monoisotopic (exact) mass is 916 g/mol. The topological polar surface area (TPSA) is 102 Å². The van der Waals surface area contributed by atoms with E-state index in [0.29, 0.717) is 0 Å². The molecule has 0 fully saturated rings. The smallest absolute Gasteiger partial charge is 0.185 e. The van der Waals surface area contributed by atoms with Crippen LogP contribution in [0, 0.1) is 10.8 Å². The lowest BCUT2D eigenvalue weighted by Gasteiger charge is -2.34. The molecule has 320 valence electrons. The van der Waals surface area contributed by atoms with Crippen LogP contribution >= 0.6 is 94.1 Å². The highest BCUT2D eigenvalue weighted by Gasteiger charge is 2.30. The number of rotatable bonds is 36. The van der Waals surface area contributed by atoms with Crippen LogP contribution in [0.15, 0.2) is 0 Å². The van der Waals surface area contributed by atoms with Crippen LogP contribution in [0.25, 0.3) is 0 Å². The van der Waals surface area contributed by atoms with Gasteiger partial charge in [-0.3, -0.25) is 28.8 Å². The molecule has 0 aromatic rings. The van der Waals surface area contributed by atoms with Crippen LogP contribution in [0.5, 0.6) is 0 Å². The van der Waals surface area contributed by atoms with E-state index in [2.05, 4.69) is 23.5 Å². The molecule has 0 unspecified atom stereocenters. The molecular weight excluding hydrogens is 845 g/mol. The lowest BCUT2D eigenvalue weighted by atomic mass is 9.77. The van der Waals surface area contributed by atoms with Crippen molar-refractivity contribution < 1.29 is 28.8 Å². The molecule has 6 nitrogen and oxygen atoms in total. The van der Waals surface area contributed by atoms with Gasteiger partial charge < -0.3 is 0 Å². The van der Waals surface area contributed by atoms with Gasteiger partial charge in [0.2, 0.25) is 0 Å². The van der Waals surface area contributed by atoms with Crippen molar-refractivity contribution in [2.75, 3.05) is 57.5 Å². The van der Waals surface area contributed by atoms with Gasteiger partial charge in [-0.2, -0.15) is 23.5 Å². The van der Waals surface area contributed by atoms with E-state index in [1.807, 2.05) is 0 Å². The van der Waals surface area contributed by atoms with Crippen LogP contribution in [-0.4, -0.2) is 88.2 Å². The molecule has 0 saturated heterocycles. The van der Waals surface area contributed by atoms with Crippen LogP contribution in [0.2, 0.25) is 0 Å². The average Bonchev–Trinajstić information content (AvgIpc) is 3.11. The fourth-order valence-electron chi connectivity index (χ4n) is 6.68. The molecule has 0 N–H and O–H groups in total. The molecule has 0 atom stereocenters. The maximum Gasteiger partial charge on any atom is 0.185 e. The maximum absolute atomic E-state index is 11.6. The zero-order valence-electron chi connectivity index (χ0n) is 34.8. The first-order chi connectivity index (χ1) is 26.2. The molecule has 0 saturated carbocycles. The molecule has 0 aliphatic carbocycles. The Kier molecular flexibility index (Phi) is 37.2. The van der Waals surface area contributed by atoms with Crippen LogP contribution in [0.3, 0.4) is 0 Å². The minimum Gasteiger partial charge on any atom is -0.288 e. The van der Waals surface area contributed by atoms with E-state index in [4.69, 9.17) is 0 Å². The van der Waals surface area contributed by atoms with Crippen molar-refractivity contribution in [1.29, 1.82) is 0 Å². The minimum absolute atomic E-state index is 0.174. The summed E-state index contributed by atoms with van der Waals surface area (Å²) in [6, 6.07) is 0. The number of hydrogen-bond donors (Lipinski definition) is 0. The molecular formula is C41H72O6S8. The van der Waals surface area contributed by atoms with Crippen molar-refractivity contribution in [3.8, 4) is 0 Å². The highest BCUT2D eigenvalue weighted by atomic mass is 32.2. The first-order valence-electron chi connectivity index (χ1n) is 20.2. The van der Waals surface area contributed by atoms with Gasteiger partial charge in [0.05, 0.1) is 0 Å². The first-order valence-corrected chi connectivity index (χ1v) is 28.4. The molecule has 0 aliphatic rings. The van der Waals surface area contributed by atoms with Crippen molar-refractivity contribution in [3.63, 3.8) is 0 Å². The second-order valence-electron chi connectivity index (χ2n) is 14.5. The molecule has 0 bridgehead atoms. The van der Waals surface area contributed by atoms with E-state index in [-0.39, 0.29) is 41.5 Å². The van der Waals surface area contributed by atoms with E-state index >= 15 is 0 Å². The fourth-order valence-corrected chi connectivity index (χ4v) is 13.0. The Hall–Kier alpha value is 0.820. The normalized spacial score (nSPS) is 11.9. The van der Waals surface area contributed by atoms with Crippen LogP contribution in [0.1, 0.15) is 151 Å². The van der Waals surface area contributed by atoms with Gasteiger partial charge in [0.15, 0.2) is 30.7 Å².